The highest BCUT2D eigenvalue weighted by Gasteiger charge is 2.35. The zero-order valence-electron chi connectivity index (χ0n) is 17.2. The van der Waals surface area contributed by atoms with Gasteiger partial charge in [-0.25, -0.2) is 0 Å². The molecule has 25 heavy (non-hydrogen) atoms. The molecule has 0 heterocycles. The summed E-state index contributed by atoms with van der Waals surface area (Å²) >= 11 is 0. The standard InChI is InChI=1S/C21H35BN2O/c1-16(2)23(17(3)4)22(24(18(5)6)19(7)8)15-14-21(25)20-12-10-9-11-13-20/h9-13,16-19,21,25H,1-8H3. The summed E-state index contributed by atoms with van der Waals surface area (Å²) in [7, 11) is 0. The normalized spacial score (nSPS) is 13.1. The Hall–Kier alpha value is -1.28. The van der Waals surface area contributed by atoms with E-state index in [1.54, 1.807) is 0 Å². The van der Waals surface area contributed by atoms with Crippen LogP contribution < -0.4 is 0 Å². The number of aliphatic hydroxyl groups excluding tert-OH is 1. The average Bonchev–Trinajstić information content (AvgIpc) is 2.51. The molecule has 0 aliphatic rings. The van der Waals surface area contributed by atoms with Gasteiger partial charge in [0.2, 0.25) is 0 Å². The topological polar surface area (TPSA) is 26.7 Å². The molecule has 1 rings (SSSR count). The number of benzene rings is 1. The van der Waals surface area contributed by atoms with E-state index in [1.165, 1.54) is 0 Å². The number of aliphatic hydroxyl groups is 1. The first-order valence-electron chi connectivity index (χ1n) is 9.45. The van der Waals surface area contributed by atoms with Crippen LogP contribution in [0.15, 0.2) is 30.3 Å². The highest BCUT2D eigenvalue weighted by molar-refractivity contribution is 6.62. The summed E-state index contributed by atoms with van der Waals surface area (Å²) in [6.07, 6.45) is -0.758. The molecule has 3 nitrogen and oxygen atoms in total. The fraction of sp³-hybridized carbons (Fsp3) is 0.619. The quantitative estimate of drug-likeness (QED) is 0.600. The summed E-state index contributed by atoms with van der Waals surface area (Å²) in [6.45, 7) is 17.6. The zero-order valence-corrected chi connectivity index (χ0v) is 17.2. The predicted octanol–water partition coefficient (Wildman–Crippen LogP) is 3.99. The monoisotopic (exact) mass is 342 g/mol. The summed E-state index contributed by atoms with van der Waals surface area (Å²) < 4.78 is 0. The molecule has 4 heteroatoms. The van der Waals surface area contributed by atoms with E-state index in [0.717, 1.165) is 5.56 Å². The minimum Gasteiger partial charge on any atom is -0.376 e. The maximum absolute atomic E-state index is 10.5. The van der Waals surface area contributed by atoms with Crippen molar-refractivity contribution in [2.24, 2.45) is 0 Å². The molecular formula is C21H35BN2O. The molecule has 0 aliphatic heterocycles. The summed E-state index contributed by atoms with van der Waals surface area (Å²) in [5, 5.41) is 10.5. The molecular weight excluding hydrogens is 307 g/mol. The Kier molecular flexibility index (Phi) is 8.72. The summed E-state index contributed by atoms with van der Waals surface area (Å²) in [4.78, 5) is 4.84. The molecule has 1 aromatic rings. The first-order valence-corrected chi connectivity index (χ1v) is 9.45. The average molecular weight is 342 g/mol. The van der Waals surface area contributed by atoms with E-state index in [9.17, 15) is 5.11 Å². The van der Waals surface area contributed by atoms with Gasteiger partial charge in [0.15, 0.2) is 0 Å². The maximum atomic E-state index is 10.5. The minimum atomic E-state index is -0.758. The molecule has 0 radical (unpaired) electrons. The lowest BCUT2D eigenvalue weighted by molar-refractivity contribution is 0.227. The Morgan fingerprint density at radius 1 is 0.760 bits per heavy atom. The Morgan fingerprint density at radius 2 is 1.16 bits per heavy atom. The van der Waals surface area contributed by atoms with Crippen LogP contribution in [-0.4, -0.2) is 45.9 Å². The Labute approximate surface area is 155 Å². The van der Waals surface area contributed by atoms with E-state index in [0.29, 0.717) is 24.2 Å². The second-order valence-electron chi connectivity index (χ2n) is 7.74. The number of hydrogen-bond donors (Lipinski definition) is 1. The van der Waals surface area contributed by atoms with Crippen molar-refractivity contribution < 1.29 is 5.11 Å². The van der Waals surface area contributed by atoms with Gasteiger partial charge in [-0.2, -0.15) is 0 Å². The SMILES string of the molecule is CC(C)N(B(C#CC(O)c1ccccc1)N(C(C)C)C(C)C)C(C)C. The maximum Gasteiger partial charge on any atom is 0.400 e. The molecule has 0 saturated carbocycles. The molecule has 0 amide bonds. The van der Waals surface area contributed by atoms with E-state index in [-0.39, 0.29) is 6.98 Å². The lowest BCUT2D eigenvalue weighted by Gasteiger charge is -2.43. The van der Waals surface area contributed by atoms with Crippen LogP contribution >= 0.6 is 0 Å². The molecule has 1 aromatic carbocycles. The van der Waals surface area contributed by atoms with Crippen molar-refractivity contribution in [2.75, 3.05) is 0 Å². The van der Waals surface area contributed by atoms with E-state index in [1.807, 2.05) is 30.3 Å². The van der Waals surface area contributed by atoms with Gasteiger partial charge in [0.1, 0.15) is 6.10 Å². The Balaban J connectivity index is 3.25. The highest BCUT2D eigenvalue weighted by Crippen LogP contribution is 2.17. The molecule has 0 aromatic heterocycles. The van der Waals surface area contributed by atoms with Gasteiger partial charge in [-0.15, -0.1) is 5.82 Å². The van der Waals surface area contributed by atoms with Crippen molar-refractivity contribution in [1.29, 1.82) is 0 Å². The van der Waals surface area contributed by atoms with Gasteiger partial charge in [-0.1, -0.05) is 91.6 Å². The number of nitrogens with zero attached hydrogens (tertiary/aromatic N) is 2. The molecule has 0 spiro atoms. The third-order valence-electron chi connectivity index (χ3n) is 4.41. The summed E-state index contributed by atoms with van der Waals surface area (Å²) in [5.74, 6) is 6.50. The van der Waals surface area contributed by atoms with Crippen molar-refractivity contribution in [3.8, 4) is 11.7 Å². The number of rotatable bonds is 7. The van der Waals surface area contributed by atoms with Crippen LogP contribution in [0, 0.1) is 11.7 Å². The van der Waals surface area contributed by atoms with Crippen LogP contribution in [0.4, 0.5) is 0 Å². The summed E-state index contributed by atoms with van der Waals surface area (Å²) in [6, 6.07) is 11.1. The molecule has 1 N–H and O–H groups in total. The van der Waals surface area contributed by atoms with E-state index in [4.69, 9.17) is 0 Å². The van der Waals surface area contributed by atoms with Gasteiger partial charge in [0.25, 0.3) is 0 Å². The van der Waals surface area contributed by atoms with Gasteiger partial charge >= 0.3 is 6.98 Å². The molecule has 0 bridgehead atoms. The lowest BCUT2D eigenvalue weighted by atomic mass is 9.68. The van der Waals surface area contributed by atoms with Crippen molar-refractivity contribution in [3.05, 3.63) is 35.9 Å². The molecule has 138 valence electrons. The highest BCUT2D eigenvalue weighted by atomic mass is 16.3. The predicted molar refractivity (Wildman–Crippen MR) is 109 cm³/mol. The zero-order chi connectivity index (χ0) is 19.1. The molecule has 1 unspecified atom stereocenters. The number of hydrogen-bond acceptors (Lipinski definition) is 3. The van der Waals surface area contributed by atoms with Gasteiger partial charge in [0, 0.05) is 0 Å². The van der Waals surface area contributed by atoms with Crippen LogP contribution in [0.5, 0.6) is 0 Å². The first-order chi connectivity index (χ1) is 11.7. The Bertz CT molecular complexity index is 524. The summed E-state index contributed by atoms with van der Waals surface area (Å²) in [5.41, 5.74) is 0.843. The smallest absolute Gasteiger partial charge is 0.376 e. The molecule has 0 fully saturated rings. The molecule has 0 saturated heterocycles. The third-order valence-corrected chi connectivity index (χ3v) is 4.41. The van der Waals surface area contributed by atoms with E-state index < -0.39 is 6.10 Å². The van der Waals surface area contributed by atoms with Crippen LogP contribution in [-0.2, 0) is 0 Å². The van der Waals surface area contributed by atoms with Crippen molar-refractivity contribution in [2.45, 2.75) is 85.7 Å². The van der Waals surface area contributed by atoms with Crippen molar-refractivity contribution in [3.63, 3.8) is 0 Å². The fourth-order valence-corrected chi connectivity index (χ4v) is 3.50. The molecule has 1 atom stereocenters. The van der Waals surface area contributed by atoms with Gasteiger partial charge in [-0.3, -0.25) is 0 Å². The Morgan fingerprint density at radius 3 is 1.52 bits per heavy atom. The first kappa shape index (κ1) is 21.8. The van der Waals surface area contributed by atoms with Crippen LogP contribution in [0.25, 0.3) is 0 Å². The van der Waals surface area contributed by atoms with Crippen molar-refractivity contribution >= 4 is 6.98 Å². The van der Waals surface area contributed by atoms with Gasteiger partial charge in [0.05, 0.1) is 0 Å². The minimum absolute atomic E-state index is 0.0293. The second kappa shape index (κ2) is 10.0. The third kappa shape index (κ3) is 6.19. The van der Waals surface area contributed by atoms with Crippen molar-refractivity contribution in [1.82, 2.24) is 9.62 Å². The fourth-order valence-electron chi connectivity index (χ4n) is 3.50. The lowest BCUT2D eigenvalue weighted by Crippen LogP contribution is -2.61. The van der Waals surface area contributed by atoms with E-state index >= 15 is 0 Å². The van der Waals surface area contributed by atoms with Crippen LogP contribution in [0.3, 0.4) is 0 Å². The second-order valence-corrected chi connectivity index (χ2v) is 7.74. The van der Waals surface area contributed by atoms with Gasteiger partial charge in [-0.05, 0) is 29.7 Å². The molecule has 0 aliphatic carbocycles. The van der Waals surface area contributed by atoms with Gasteiger partial charge < -0.3 is 14.7 Å². The van der Waals surface area contributed by atoms with Crippen LogP contribution in [0.1, 0.15) is 67.1 Å². The largest absolute Gasteiger partial charge is 0.400 e. The van der Waals surface area contributed by atoms with E-state index in [2.05, 4.69) is 76.8 Å². The van der Waals surface area contributed by atoms with Crippen LogP contribution in [0.2, 0.25) is 0 Å².